The molecule has 16 heavy (non-hydrogen) atoms. The molecule has 2 heterocycles. The van der Waals surface area contributed by atoms with Gasteiger partial charge in [0.25, 0.3) is 0 Å². The van der Waals surface area contributed by atoms with Crippen LogP contribution in [0.25, 0.3) is 0 Å². The zero-order valence-electron chi connectivity index (χ0n) is 8.41. The molecule has 7 heteroatoms. The van der Waals surface area contributed by atoms with Crippen molar-refractivity contribution in [2.45, 2.75) is 31.6 Å². The Labute approximate surface area is 89.7 Å². The molecule has 0 fully saturated rings. The van der Waals surface area contributed by atoms with Crippen LogP contribution in [0.5, 0.6) is 0 Å². The number of anilines is 1. The number of nitrogens with one attached hydrogen (secondary N) is 1. The Kier molecular flexibility index (Phi) is 2.30. The third kappa shape index (κ3) is 1.60. The number of nitriles is 1. The number of rotatable bonds is 0. The molecular formula is C9H9F3N4. The van der Waals surface area contributed by atoms with Gasteiger partial charge in [-0.15, -0.1) is 0 Å². The van der Waals surface area contributed by atoms with Crippen LogP contribution in [0.4, 0.5) is 19.0 Å². The molecule has 1 aromatic rings. The summed E-state index contributed by atoms with van der Waals surface area (Å²) in [5.74, 6) is 0.156. The molecule has 1 aliphatic rings. The van der Waals surface area contributed by atoms with E-state index in [9.17, 15) is 13.2 Å². The van der Waals surface area contributed by atoms with E-state index >= 15 is 0 Å². The summed E-state index contributed by atoms with van der Waals surface area (Å²) in [6, 6.07) is -0.168. The smallest absolute Gasteiger partial charge is 0.367 e. The van der Waals surface area contributed by atoms with Crippen molar-refractivity contribution in [1.82, 2.24) is 9.78 Å². The number of halogens is 3. The van der Waals surface area contributed by atoms with Gasteiger partial charge in [-0.2, -0.15) is 23.5 Å². The van der Waals surface area contributed by atoms with E-state index in [4.69, 9.17) is 5.26 Å². The van der Waals surface area contributed by atoms with E-state index in [0.717, 1.165) is 10.9 Å². The van der Waals surface area contributed by atoms with Crippen molar-refractivity contribution in [3.63, 3.8) is 0 Å². The molecule has 0 aromatic carbocycles. The van der Waals surface area contributed by atoms with Crippen LogP contribution in [0.3, 0.4) is 0 Å². The van der Waals surface area contributed by atoms with Crippen LogP contribution < -0.4 is 5.32 Å². The normalized spacial score (nSPS) is 24.4. The van der Waals surface area contributed by atoms with E-state index in [2.05, 4.69) is 10.4 Å². The van der Waals surface area contributed by atoms with Crippen LogP contribution >= 0.6 is 0 Å². The van der Waals surface area contributed by atoms with E-state index in [1.807, 2.05) is 6.07 Å². The van der Waals surface area contributed by atoms with Crippen LogP contribution in [0.1, 0.15) is 24.9 Å². The largest absolute Gasteiger partial charge is 0.410 e. The molecule has 2 rings (SSSR count). The molecule has 0 spiro atoms. The van der Waals surface area contributed by atoms with Crippen molar-refractivity contribution >= 4 is 5.82 Å². The number of alkyl halides is 3. The monoisotopic (exact) mass is 230 g/mol. The van der Waals surface area contributed by atoms with Crippen LogP contribution in [0.2, 0.25) is 0 Å². The average molecular weight is 230 g/mol. The summed E-state index contributed by atoms with van der Waals surface area (Å²) >= 11 is 0. The molecule has 0 saturated heterocycles. The molecule has 0 unspecified atom stereocenters. The highest BCUT2D eigenvalue weighted by Gasteiger charge is 2.45. The second kappa shape index (κ2) is 3.40. The number of hydrogen-bond donors (Lipinski definition) is 1. The van der Waals surface area contributed by atoms with Gasteiger partial charge in [0.05, 0.1) is 6.20 Å². The second-order valence-corrected chi connectivity index (χ2v) is 3.80. The maximum Gasteiger partial charge on any atom is 0.410 e. The highest BCUT2D eigenvalue weighted by molar-refractivity contribution is 5.53. The Hall–Kier alpha value is -1.71. The molecule has 1 aliphatic heterocycles. The van der Waals surface area contributed by atoms with Crippen LogP contribution in [-0.2, 0) is 0 Å². The van der Waals surface area contributed by atoms with Crippen molar-refractivity contribution in [2.24, 2.45) is 0 Å². The van der Waals surface area contributed by atoms with Gasteiger partial charge < -0.3 is 5.32 Å². The lowest BCUT2D eigenvalue weighted by Gasteiger charge is -2.31. The molecule has 0 bridgehead atoms. The zero-order valence-corrected chi connectivity index (χ0v) is 8.41. The Morgan fingerprint density at radius 3 is 2.88 bits per heavy atom. The van der Waals surface area contributed by atoms with E-state index in [0.29, 0.717) is 0 Å². The van der Waals surface area contributed by atoms with E-state index in [1.165, 1.54) is 0 Å². The Bertz CT molecular complexity index is 443. The first-order chi connectivity index (χ1) is 7.43. The predicted molar refractivity (Wildman–Crippen MR) is 49.7 cm³/mol. The number of aromatic nitrogens is 2. The third-order valence-electron chi connectivity index (χ3n) is 2.55. The fraction of sp³-hybridized carbons (Fsp3) is 0.556. The van der Waals surface area contributed by atoms with Crippen molar-refractivity contribution in [3.8, 4) is 6.07 Å². The fourth-order valence-corrected chi connectivity index (χ4v) is 1.82. The SMILES string of the molecule is C[C@@H]1C[C@@H](C(F)(F)F)n2ncc(C#N)c2N1. The van der Waals surface area contributed by atoms with Gasteiger partial charge in [-0.25, -0.2) is 4.68 Å². The Morgan fingerprint density at radius 2 is 2.31 bits per heavy atom. The quantitative estimate of drug-likeness (QED) is 0.742. The van der Waals surface area contributed by atoms with Gasteiger partial charge in [-0.3, -0.25) is 0 Å². The minimum Gasteiger partial charge on any atom is -0.367 e. The predicted octanol–water partition coefficient (Wildman–Crippen LogP) is 2.06. The maximum absolute atomic E-state index is 12.7. The lowest BCUT2D eigenvalue weighted by molar-refractivity contribution is -0.173. The maximum atomic E-state index is 12.7. The van der Waals surface area contributed by atoms with Crippen molar-refractivity contribution in [2.75, 3.05) is 5.32 Å². The molecule has 86 valence electrons. The molecular weight excluding hydrogens is 221 g/mol. The number of hydrogen-bond acceptors (Lipinski definition) is 3. The molecule has 0 amide bonds. The highest BCUT2D eigenvalue weighted by atomic mass is 19.4. The average Bonchev–Trinajstić information content (AvgIpc) is 2.57. The summed E-state index contributed by atoms with van der Waals surface area (Å²) in [7, 11) is 0. The van der Waals surface area contributed by atoms with Gasteiger partial charge in [-0.05, 0) is 13.3 Å². The molecule has 0 aliphatic carbocycles. The topological polar surface area (TPSA) is 53.6 Å². The summed E-state index contributed by atoms with van der Waals surface area (Å²) in [6.45, 7) is 1.65. The Balaban J connectivity index is 2.48. The molecule has 2 atom stereocenters. The fourth-order valence-electron chi connectivity index (χ4n) is 1.82. The van der Waals surface area contributed by atoms with Gasteiger partial charge >= 0.3 is 6.18 Å². The first-order valence-corrected chi connectivity index (χ1v) is 4.74. The van der Waals surface area contributed by atoms with Crippen molar-refractivity contribution < 1.29 is 13.2 Å². The third-order valence-corrected chi connectivity index (χ3v) is 2.55. The molecule has 1 aromatic heterocycles. The minimum atomic E-state index is -4.34. The summed E-state index contributed by atoms with van der Waals surface area (Å²) in [5.41, 5.74) is 0.140. The molecule has 4 nitrogen and oxygen atoms in total. The first kappa shape index (κ1) is 10.8. The van der Waals surface area contributed by atoms with E-state index < -0.39 is 12.2 Å². The lowest BCUT2D eigenvalue weighted by atomic mass is 10.1. The highest BCUT2D eigenvalue weighted by Crippen LogP contribution is 2.39. The molecule has 0 radical (unpaired) electrons. The van der Waals surface area contributed by atoms with Gasteiger partial charge in [0.2, 0.25) is 0 Å². The van der Waals surface area contributed by atoms with Crippen molar-refractivity contribution in [1.29, 1.82) is 5.26 Å². The van der Waals surface area contributed by atoms with Crippen LogP contribution in [-0.4, -0.2) is 22.0 Å². The summed E-state index contributed by atoms with van der Waals surface area (Å²) in [6.07, 6.45) is -3.27. The molecule has 1 N–H and O–H groups in total. The second-order valence-electron chi connectivity index (χ2n) is 3.80. The summed E-state index contributed by atoms with van der Waals surface area (Å²) < 4.78 is 39.1. The number of nitrogens with zero attached hydrogens (tertiary/aromatic N) is 3. The lowest BCUT2D eigenvalue weighted by Crippen LogP contribution is -2.38. The zero-order chi connectivity index (χ0) is 11.9. The standard InChI is InChI=1S/C9H9F3N4/c1-5-2-7(9(10,11)12)16-8(15-5)6(3-13)4-14-16/h4-5,7,15H,2H2,1H3/t5-,7+/m1/s1. The summed E-state index contributed by atoms with van der Waals surface area (Å²) in [4.78, 5) is 0. The van der Waals surface area contributed by atoms with Crippen LogP contribution in [0, 0.1) is 11.3 Å². The van der Waals surface area contributed by atoms with Crippen molar-refractivity contribution in [3.05, 3.63) is 11.8 Å². The van der Waals surface area contributed by atoms with Crippen LogP contribution in [0.15, 0.2) is 6.20 Å². The van der Waals surface area contributed by atoms with Gasteiger partial charge in [0.15, 0.2) is 6.04 Å². The first-order valence-electron chi connectivity index (χ1n) is 4.74. The van der Waals surface area contributed by atoms with Gasteiger partial charge in [0, 0.05) is 6.04 Å². The Morgan fingerprint density at radius 1 is 1.62 bits per heavy atom. The number of fused-ring (bicyclic) bond motifs is 1. The van der Waals surface area contributed by atoms with E-state index in [-0.39, 0.29) is 23.8 Å². The van der Waals surface area contributed by atoms with E-state index in [1.54, 1.807) is 6.92 Å². The summed E-state index contributed by atoms with van der Waals surface area (Å²) in [5, 5.41) is 15.2. The van der Waals surface area contributed by atoms with Gasteiger partial charge in [-0.1, -0.05) is 0 Å². The minimum absolute atomic E-state index is 0.0803. The van der Waals surface area contributed by atoms with Gasteiger partial charge in [0.1, 0.15) is 17.5 Å². The molecule has 0 saturated carbocycles.